The van der Waals surface area contributed by atoms with Gasteiger partial charge >= 0.3 is 0 Å². The fraction of sp³-hybridized carbons (Fsp3) is 1.00. The molecule has 0 radical (unpaired) electrons. The van der Waals surface area contributed by atoms with E-state index in [4.69, 9.17) is 15.4 Å². The topological polar surface area (TPSA) is 101 Å². The normalized spacial score (nSPS) is 10.7. The first-order chi connectivity index (χ1) is 6.97. The van der Waals surface area contributed by atoms with Crippen molar-refractivity contribution in [2.75, 3.05) is 30.9 Å². The zero-order valence-corrected chi connectivity index (χ0v) is 10.7. The van der Waals surface area contributed by atoms with Crippen LogP contribution in [0.2, 0.25) is 0 Å². The fourth-order valence-corrected chi connectivity index (χ4v) is 1.65. The summed E-state index contributed by atoms with van der Waals surface area (Å²) in [4.78, 5) is 0. The lowest BCUT2D eigenvalue weighted by Gasteiger charge is -1.90. The Bertz CT molecular complexity index is 203. The molecule has 0 aliphatic rings. The van der Waals surface area contributed by atoms with E-state index in [1.54, 1.807) is 0 Å². The maximum atomic E-state index is 9.89. The van der Waals surface area contributed by atoms with Crippen LogP contribution in [0.15, 0.2) is 0 Å². The summed E-state index contributed by atoms with van der Waals surface area (Å²) in [5.74, 6) is 0.948. The van der Waals surface area contributed by atoms with Crippen LogP contribution in [0.1, 0.15) is 19.3 Å². The SMILES string of the molecule is CSCCCCO.NCCCS(=O)(=O)O. The van der Waals surface area contributed by atoms with Crippen molar-refractivity contribution in [3.63, 3.8) is 0 Å². The van der Waals surface area contributed by atoms with Crippen LogP contribution in [0.3, 0.4) is 0 Å². The van der Waals surface area contributed by atoms with E-state index in [9.17, 15) is 8.42 Å². The largest absolute Gasteiger partial charge is 0.396 e. The molecule has 0 saturated heterocycles. The summed E-state index contributed by atoms with van der Waals surface area (Å²) in [6.45, 7) is 0.639. The molecule has 0 atom stereocenters. The van der Waals surface area contributed by atoms with Crippen molar-refractivity contribution in [1.82, 2.24) is 0 Å². The Balaban J connectivity index is 0. The minimum atomic E-state index is -3.77. The first kappa shape index (κ1) is 17.6. The zero-order valence-electron chi connectivity index (χ0n) is 9.05. The van der Waals surface area contributed by atoms with Crippen LogP contribution in [-0.2, 0) is 10.1 Å². The second-order valence-corrected chi connectivity index (χ2v) is 5.41. The Kier molecular flexibility index (Phi) is 14.4. The molecule has 0 amide bonds. The number of nitrogens with two attached hydrogens (primary N) is 1. The van der Waals surface area contributed by atoms with Gasteiger partial charge in [0.25, 0.3) is 10.1 Å². The molecule has 0 unspecified atom stereocenters. The molecule has 0 rings (SSSR count). The summed E-state index contributed by atoms with van der Waals surface area (Å²) in [6.07, 6.45) is 4.51. The van der Waals surface area contributed by atoms with Crippen molar-refractivity contribution in [2.45, 2.75) is 19.3 Å². The lowest BCUT2D eigenvalue weighted by Crippen LogP contribution is -2.09. The summed E-state index contributed by atoms with van der Waals surface area (Å²) in [5.41, 5.74) is 4.96. The van der Waals surface area contributed by atoms with Gasteiger partial charge in [0, 0.05) is 6.61 Å². The maximum Gasteiger partial charge on any atom is 0.264 e. The second-order valence-electron chi connectivity index (χ2n) is 2.85. The molecule has 0 aromatic carbocycles. The molecular weight excluding hydrogens is 238 g/mol. The Hall–Kier alpha value is 0.180. The van der Waals surface area contributed by atoms with Gasteiger partial charge in [-0.3, -0.25) is 4.55 Å². The number of thioether (sulfide) groups is 1. The van der Waals surface area contributed by atoms with E-state index in [1.807, 2.05) is 11.8 Å². The molecular formula is C8H21NO4S2. The van der Waals surface area contributed by atoms with E-state index in [0.717, 1.165) is 12.8 Å². The van der Waals surface area contributed by atoms with Gasteiger partial charge in [-0.15, -0.1) is 0 Å². The minimum absolute atomic E-state index is 0.233. The van der Waals surface area contributed by atoms with E-state index in [0.29, 0.717) is 19.6 Å². The van der Waals surface area contributed by atoms with E-state index in [2.05, 4.69) is 6.26 Å². The lowest BCUT2D eigenvalue weighted by molar-refractivity contribution is 0.287. The average Bonchev–Trinajstić information content (AvgIpc) is 2.16. The third kappa shape index (κ3) is 25.0. The predicted molar refractivity (Wildman–Crippen MR) is 64.8 cm³/mol. The molecule has 0 saturated carbocycles. The van der Waals surface area contributed by atoms with Gasteiger partial charge in [0.2, 0.25) is 0 Å². The maximum absolute atomic E-state index is 9.89. The standard InChI is InChI=1S/C5H12OS.C3H9NO3S/c1-7-5-3-2-4-6;4-2-1-3-8(5,6)7/h6H,2-5H2,1H3;1-4H2,(H,5,6,7). The summed E-state index contributed by atoms with van der Waals surface area (Å²) < 4.78 is 27.8. The quantitative estimate of drug-likeness (QED) is 0.450. The first-order valence-corrected chi connectivity index (χ1v) is 7.73. The highest BCUT2D eigenvalue weighted by Crippen LogP contribution is 1.97. The van der Waals surface area contributed by atoms with E-state index < -0.39 is 10.1 Å². The van der Waals surface area contributed by atoms with Gasteiger partial charge in [-0.1, -0.05) is 0 Å². The van der Waals surface area contributed by atoms with Crippen LogP contribution in [-0.4, -0.2) is 49.0 Å². The number of unbranched alkanes of at least 4 members (excludes halogenated alkanes) is 1. The van der Waals surface area contributed by atoms with Crippen LogP contribution in [0, 0.1) is 0 Å². The van der Waals surface area contributed by atoms with Gasteiger partial charge in [-0.25, -0.2) is 0 Å². The highest BCUT2D eigenvalue weighted by molar-refractivity contribution is 7.98. The van der Waals surface area contributed by atoms with Crippen LogP contribution < -0.4 is 5.73 Å². The van der Waals surface area contributed by atoms with Crippen molar-refractivity contribution in [3.05, 3.63) is 0 Å². The number of hydrogen-bond donors (Lipinski definition) is 3. The third-order valence-corrected chi connectivity index (χ3v) is 2.86. The molecule has 0 aromatic rings. The molecule has 94 valence electrons. The van der Waals surface area contributed by atoms with Crippen molar-refractivity contribution in [3.8, 4) is 0 Å². The second kappa shape index (κ2) is 12.3. The summed E-state index contributed by atoms with van der Waals surface area (Å²) >= 11 is 1.83. The fourth-order valence-electron chi connectivity index (χ4n) is 0.624. The summed E-state index contributed by atoms with van der Waals surface area (Å²) in [6, 6.07) is 0. The van der Waals surface area contributed by atoms with Gasteiger partial charge in [0.05, 0.1) is 5.75 Å². The smallest absolute Gasteiger partial charge is 0.264 e. The van der Waals surface area contributed by atoms with Gasteiger partial charge < -0.3 is 10.8 Å². The van der Waals surface area contributed by atoms with Crippen molar-refractivity contribution in [2.24, 2.45) is 5.73 Å². The minimum Gasteiger partial charge on any atom is -0.396 e. The molecule has 0 spiro atoms. The Morgan fingerprint density at radius 3 is 2.13 bits per heavy atom. The Morgan fingerprint density at radius 2 is 1.87 bits per heavy atom. The van der Waals surface area contributed by atoms with Crippen molar-refractivity contribution >= 4 is 21.9 Å². The predicted octanol–water partition coefficient (Wildman–Crippen LogP) is 0.345. The van der Waals surface area contributed by atoms with E-state index >= 15 is 0 Å². The first-order valence-electron chi connectivity index (χ1n) is 4.73. The molecule has 0 aliphatic carbocycles. The monoisotopic (exact) mass is 259 g/mol. The molecule has 0 fully saturated rings. The number of rotatable bonds is 7. The number of hydrogen-bond acceptors (Lipinski definition) is 5. The molecule has 5 nitrogen and oxygen atoms in total. The van der Waals surface area contributed by atoms with Gasteiger partial charge in [-0.05, 0) is 37.8 Å². The number of aliphatic hydroxyl groups excluding tert-OH is 1. The van der Waals surface area contributed by atoms with Gasteiger partial charge in [0.15, 0.2) is 0 Å². The Morgan fingerprint density at radius 1 is 1.27 bits per heavy atom. The Labute approximate surface area is 96.2 Å². The molecule has 0 aliphatic heterocycles. The molecule has 0 bridgehead atoms. The summed E-state index contributed by atoms with van der Waals surface area (Å²) in [7, 11) is -3.77. The summed E-state index contributed by atoms with van der Waals surface area (Å²) in [5, 5.41) is 8.28. The third-order valence-electron chi connectivity index (χ3n) is 1.36. The van der Waals surface area contributed by atoms with Crippen molar-refractivity contribution in [1.29, 1.82) is 0 Å². The molecule has 7 heteroatoms. The zero-order chi connectivity index (χ0) is 12.2. The van der Waals surface area contributed by atoms with Gasteiger partial charge in [0.1, 0.15) is 0 Å². The highest BCUT2D eigenvalue weighted by atomic mass is 32.2. The molecule has 15 heavy (non-hydrogen) atoms. The van der Waals surface area contributed by atoms with E-state index in [1.165, 1.54) is 5.75 Å². The molecule has 0 aromatic heterocycles. The van der Waals surface area contributed by atoms with E-state index in [-0.39, 0.29) is 5.75 Å². The van der Waals surface area contributed by atoms with Crippen molar-refractivity contribution < 1.29 is 18.1 Å². The highest BCUT2D eigenvalue weighted by Gasteiger charge is 2.00. The van der Waals surface area contributed by atoms with Crippen LogP contribution >= 0.6 is 11.8 Å². The molecule has 0 heterocycles. The van der Waals surface area contributed by atoms with Crippen LogP contribution in [0.4, 0.5) is 0 Å². The van der Waals surface area contributed by atoms with Crippen LogP contribution in [0.25, 0.3) is 0 Å². The van der Waals surface area contributed by atoms with Gasteiger partial charge in [-0.2, -0.15) is 20.2 Å². The average molecular weight is 259 g/mol. The number of aliphatic hydroxyl groups is 1. The van der Waals surface area contributed by atoms with Crippen LogP contribution in [0.5, 0.6) is 0 Å². The lowest BCUT2D eigenvalue weighted by atomic mass is 10.4. The molecule has 4 N–H and O–H groups in total.